The number of rotatable bonds is 7. The summed E-state index contributed by atoms with van der Waals surface area (Å²) in [7, 11) is 0.635. The van der Waals surface area contributed by atoms with E-state index in [0.29, 0.717) is 22.4 Å². The number of anilines is 1. The lowest BCUT2D eigenvalue weighted by molar-refractivity contribution is -0.133. The van der Waals surface area contributed by atoms with Gasteiger partial charge in [0.2, 0.25) is 15.9 Å². The lowest BCUT2D eigenvalue weighted by atomic mass is 9.92. The second kappa shape index (κ2) is 9.07. The standard InChI is InChI=1S/C23H28N4O6S/c1-14-11-18(34(31,32)26(4)5)12-19(15(14)2)24-20(28)13-27-21(29)23(3,25-22(27)30)16-7-9-17(33-6)10-8-16/h7-12H,13H2,1-6H3,(H,24,28)(H,25,30). The summed E-state index contributed by atoms with van der Waals surface area (Å²) in [5.74, 6) is -0.608. The van der Waals surface area contributed by atoms with Gasteiger partial charge in [0, 0.05) is 19.8 Å². The first-order valence-corrected chi connectivity index (χ1v) is 11.9. The number of nitrogens with zero attached hydrogens (tertiary/aromatic N) is 2. The number of aryl methyl sites for hydroxylation is 1. The van der Waals surface area contributed by atoms with E-state index in [-0.39, 0.29) is 10.6 Å². The highest BCUT2D eigenvalue weighted by Crippen LogP contribution is 2.30. The Labute approximate surface area is 198 Å². The molecule has 2 aromatic rings. The van der Waals surface area contributed by atoms with Crippen LogP contribution in [0.1, 0.15) is 23.6 Å². The molecule has 34 heavy (non-hydrogen) atoms. The summed E-state index contributed by atoms with van der Waals surface area (Å²) in [5.41, 5.74) is 0.834. The van der Waals surface area contributed by atoms with Crippen molar-refractivity contribution in [2.75, 3.05) is 33.1 Å². The minimum absolute atomic E-state index is 0.0259. The molecule has 182 valence electrons. The number of benzene rings is 2. The van der Waals surface area contributed by atoms with Gasteiger partial charge in [-0.05, 0) is 61.7 Å². The van der Waals surface area contributed by atoms with Crippen LogP contribution in [-0.2, 0) is 25.2 Å². The highest BCUT2D eigenvalue weighted by atomic mass is 32.2. The number of urea groups is 1. The number of hydrogen-bond acceptors (Lipinski definition) is 6. The zero-order valence-electron chi connectivity index (χ0n) is 19.9. The molecule has 1 fully saturated rings. The van der Waals surface area contributed by atoms with Gasteiger partial charge in [-0.25, -0.2) is 17.5 Å². The minimum Gasteiger partial charge on any atom is -0.497 e. The minimum atomic E-state index is -3.72. The highest BCUT2D eigenvalue weighted by molar-refractivity contribution is 7.89. The molecule has 1 heterocycles. The van der Waals surface area contributed by atoms with Gasteiger partial charge >= 0.3 is 6.03 Å². The van der Waals surface area contributed by atoms with Gasteiger partial charge in [-0.3, -0.25) is 14.5 Å². The molecule has 2 N–H and O–H groups in total. The Morgan fingerprint density at radius 1 is 1.15 bits per heavy atom. The second-order valence-corrected chi connectivity index (χ2v) is 10.6. The molecular weight excluding hydrogens is 460 g/mol. The number of ether oxygens (including phenoxy) is 1. The fraction of sp³-hybridized carbons (Fsp3) is 0.348. The predicted molar refractivity (Wildman–Crippen MR) is 126 cm³/mol. The van der Waals surface area contributed by atoms with Gasteiger partial charge in [0.05, 0.1) is 12.0 Å². The van der Waals surface area contributed by atoms with Crippen LogP contribution in [-0.4, -0.2) is 63.2 Å². The van der Waals surface area contributed by atoms with E-state index in [2.05, 4.69) is 10.6 Å². The number of imide groups is 1. The zero-order valence-corrected chi connectivity index (χ0v) is 20.7. The monoisotopic (exact) mass is 488 g/mol. The quantitative estimate of drug-likeness (QED) is 0.574. The molecule has 1 aliphatic rings. The number of amides is 4. The fourth-order valence-electron chi connectivity index (χ4n) is 3.61. The summed E-state index contributed by atoms with van der Waals surface area (Å²) in [6, 6.07) is 8.88. The maximum atomic E-state index is 13.1. The van der Waals surface area contributed by atoms with E-state index in [1.54, 1.807) is 45.0 Å². The summed E-state index contributed by atoms with van der Waals surface area (Å²) >= 11 is 0. The molecule has 1 saturated heterocycles. The van der Waals surface area contributed by atoms with Gasteiger partial charge in [0.25, 0.3) is 5.91 Å². The Morgan fingerprint density at radius 2 is 1.76 bits per heavy atom. The van der Waals surface area contributed by atoms with Crippen molar-refractivity contribution in [3.63, 3.8) is 0 Å². The van der Waals surface area contributed by atoms with Crippen LogP contribution in [0.4, 0.5) is 10.5 Å². The third kappa shape index (κ3) is 4.48. The largest absolute Gasteiger partial charge is 0.497 e. The summed E-state index contributed by atoms with van der Waals surface area (Å²) in [6.07, 6.45) is 0. The van der Waals surface area contributed by atoms with Gasteiger partial charge in [-0.15, -0.1) is 0 Å². The maximum absolute atomic E-state index is 13.1. The van der Waals surface area contributed by atoms with Crippen molar-refractivity contribution in [2.45, 2.75) is 31.2 Å². The Hall–Kier alpha value is -3.44. The number of carbonyl (C=O) groups excluding carboxylic acids is 3. The van der Waals surface area contributed by atoms with Crippen LogP contribution in [0.2, 0.25) is 0 Å². The van der Waals surface area contributed by atoms with Gasteiger partial charge in [0.15, 0.2) is 0 Å². The molecule has 0 aliphatic carbocycles. The SMILES string of the molecule is COc1ccc(C2(C)NC(=O)N(CC(=O)Nc3cc(S(=O)(=O)N(C)C)cc(C)c3C)C2=O)cc1. The van der Waals surface area contributed by atoms with E-state index >= 15 is 0 Å². The van der Waals surface area contributed by atoms with Gasteiger partial charge < -0.3 is 15.4 Å². The third-order valence-electron chi connectivity index (χ3n) is 5.94. The van der Waals surface area contributed by atoms with E-state index in [1.165, 1.54) is 33.3 Å². The van der Waals surface area contributed by atoms with Crippen molar-refractivity contribution in [2.24, 2.45) is 0 Å². The first-order valence-electron chi connectivity index (χ1n) is 10.4. The van der Waals surface area contributed by atoms with Crippen LogP contribution >= 0.6 is 0 Å². The summed E-state index contributed by atoms with van der Waals surface area (Å²) < 4.78 is 31.3. The number of nitrogens with one attached hydrogen (secondary N) is 2. The molecule has 0 radical (unpaired) electrons. The highest BCUT2D eigenvalue weighted by Gasteiger charge is 2.49. The molecule has 3 rings (SSSR count). The molecule has 1 atom stereocenters. The van der Waals surface area contributed by atoms with Crippen molar-refractivity contribution in [1.82, 2.24) is 14.5 Å². The second-order valence-electron chi connectivity index (χ2n) is 8.42. The number of methoxy groups -OCH3 is 1. The Kier molecular flexibility index (Phi) is 6.72. The van der Waals surface area contributed by atoms with E-state index in [9.17, 15) is 22.8 Å². The molecular formula is C23H28N4O6S. The topological polar surface area (TPSA) is 125 Å². The average molecular weight is 489 g/mol. The smallest absolute Gasteiger partial charge is 0.325 e. The fourth-order valence-corrected chi connectivity index (χ4v) is 4.62. The molecule has 1 aliphatic heterocycles. The van der Waals surface area contributed by atoms with Crippen molar-refractivity contribution < 1.29 is 27.5 Å². The van der Waals surface area contributed by atoms with Crippen molar-refractivity contribution >= 4 is 33.6 Å². The van der Waals surface area contributed by atoms with Crippen LogP contribution in [0, 0.1) is 13.8 Å². The molecule has 11 heteroatoms. The van der Waals surface area contributed by atoms with Crippen LogP contribution in [0.15, 0.2) is 41.3 Å². The summed E-state index contributed by atoms with van der Waals surface area (Å²) in [5, 5.41) is 5.29. The van der Waals surface area contributed by atoms with Gasteiger partial charge in [-0.2, -0.15) is 0 Å². The van der Waals surface area contributed by atoms with E-state index in [1.807, 2.05) is 0 Å². The molecule has 0 bridgehead atoms. The first-order chi connectivity index (χ1) is 15.8. The summed E-state index contributed by atoms with van der Waals surface area (Å²) in [4.78, 5) is 39.3. The molecule has 1 unspecified atom stereocenters. The lowest BCUT2D eigenvalue weighted by Gasteiger charge is -2.22. The number of sulfonamides is 1. The van der Waals surface area contributed by atoms with Gasteiger partial charge in [0.1, 0.15) is 17.8 Å². The van der Waals surface area contributed by atoms with Crippen molar-refractivity contribution in [3.8, 4) is 5.75 Å². The van der Waals surface area contributed by atoms with E-state index in [0.717, 1.165) is 9.21 Å². The average Bonchev–Trinajstić information content (AvgIpc) is 3.00. The zero-order chi connectivity index (χ0) is 25.4. The van der Waals surface area contributed by atoms with Crippen LogP contribution < -0.4 is 15.4 Å². The Bertz CT molecular complexity index is 1260. The van der Waals surface area contributed by atoms with Gasteiger partial charge in [-0.1, -0.05) is 12.1 Å². The lowest BCUT2D eigenvalue weighted by Crippen LogP contribution is -2.42. The molecule has 0 spiro atoms. The van der Waals surface area contributed by atoms with Crippen LogP contribution in [0.25, 0.3) is 0 Å². The van der Waals surface area contributed by atoms with E-state index < -0.39 is 40.0 Å². The number of carbonyl (C=O) groups is 3. The predicted octanol–water partition coefficient (Wildman–Crippen LogP) is 1.97. The third-order valence-corrected chi connectivity index (χ3v) is 7.73. The van der Waals surface area contributed by atoms with E-state index in [4.69, 9.17) is 4.74 Å². The molecule has 0 aromatic heterocycles. The molecule has 0 saturated carbocycles. The normalized spacial score (nSPS) is 18.3. The number of hydrogen-bond donors (Lipinski definition) is 2. The molecule has 2 aromatic carbocycles. The Morgan fingerprint density at radius 3 is 2.32 bits per heavy atom. The van der Waals surface area contributed by atoms with Crippen LogP contribution in [0.5, 0.6) is 5.75 Å². The van der Waals surface area contributed by atoms with Crippen molar-refractivity contribution in [3.05, 3.63) is 53.1 Å². The van der Waals surface area contributed by atoms with Crippen molar-refractivity contribution in [1.29, 1.82) is 0 Å². The Balaban J connectivity index is 1.82. The molecule has 10 nitrogen and oxygen atoms in total. The maximum Gasteiger partial charge on any atom is 0.325 e. The van der Waals surface area contributed by atoms with Crippen LogP contribution in [0.3, 0.4) is 0 Å². The first kappa shape index (κ1) is 25.2. The molecule has 4 amide bonds. The summed E-state index contributed by atoms with van der Waals surface area (Å²) in [6.45, 7) is 4.51.